The summed E-state index contributed by atoms with van der Waals surface area (Å²) >= 11 is 0. The minimum atomic E-state index is 0.623. The summed E-state index contributed by atoms with van der Waals surface area (Å²) in [5.74, 6) is 0.623. The Labute approximate surface area is 176 Å². The molecule has 3 aromatic carbocycles. The maximum atomic E-state index is 3.63. The van der Waals surface area contributed by atoms with Crippen molar-refractivity contribution in [1.29, 1.82) is 0 Å². The minimum Gasteiger partial charge on any atom is -0.362 e. The van der Waals surface area contributed by atoms with Gasteiger partial charge in [0.15, 0.2) is 0 Å². The van der Waals surface area contributed by atoms with E-state index in [1.54, 1.807) is 6.08 Å². The molecule has 0 fully saturated rings. The maximum absolute atomic E-state index is 3.63. The number of anilines is 1. The largest absolute Gasteiger partial charge is 0.362 e. The van der Waals surface area contributed by atoms with Gasteiger partial charge in [0.05, 0.1) is 0 Å². The van der Waals surface area contributed by atoms with E-state index in [-0.39, 0.29) is 0 Å². The average molecular weight is 382 g/mol. The van der Waals surface area contributed by atoms with Crippen LogP contribution in [0.15, 0.2) is 122 Å². The third-order valence-electron chi connectivity index (χ3n) is 4.68. The van der Waals surface area contributed by atoms with Crippen molar-refractivity contribution in [2.24, 2.45) is 0 Å². The highest BCUT2D eigenvalue weighted by Gasteiger charge is 2.03. The predicted molar refractivity (Wildman–Crippen MR) is 129 cm³/mol. The van der Waals surface area contributed by atoms with E-state index in [1.807, 2.05) is 60.8 Å². The first-order chi connectivity index (χ1) is 14.2. The Morgan fingerprint density at radius 2 is 1.28 bits per heavy atom. The lowest BCUT2D eigenvalue weighted by Crippen LogP contribution is -1.91. The van der Waals surface area contributed by atoms with Gasteiger partial charge in [0.25, 0.3) is 0 Å². The smallest absolute Gasteiger partial charge is 0.0380 e. The molecule has 29 heavy (non-hydrogen) atoms. The van der Waals surface area contributed by atoms with Gasteiger partial charge in [0, 0.05) is 11.9 Å². The van der Waals surface area contributed by atoms with Gasteiger partial charge < -0.3 is 5.32 Å². The van der Waals surface area contributed by atoms with Crippen molar-refractivity contribution in [3.05, 3.63) is 128 Å². The second-order valence-corrected chi connectivity index (χ2v) is 6.79. The van der Waals surface area contributed by atoms with E-state index in [2.05, 4.69) is 74.3 Å². The summed E-state index contributed by atoms with van der Waals surface area (Å²) in [6, 6.07) is 29.4. The van der Waals surface area contributed by atoms with E-state index in [0.29, 0.717) is 5.92 Å². The van der Waals surface area contributed by atoms with Crippen LogP contribution in [0.2, 0.25) is 0 Å². The highest BCUT2D eigenvalue weighted by Crippen LogP contribution is 2.25. The van der Waals surface area contributed by atoms with Crippen molar-refractivity contribution in [3.8, 4) is 11.1 Å². The van der Waals surface area contributed by atoms with E-state index < -0.39 is 0 Å². The van der Waals surface area contributed by atoms with Crippen molar-refractivity contribution >= 4 is 5.69 Å². The molecule has 1 atom stereocenters. The molecular formula is C28H31N. The summed E-state index contributed by atoms with van der Waals surface area (Å²) in [6.07, 6.45) is 10.6. The Bertz CT molecular complexity index is 845. The van der Waals surface area contributed by atoms with Gasteiger partial charge in [0.2, 0.25) is 0 Å². The fourth-order valence-corrected chi connectivity index (χ4v) is 2.73. The Kier molecular flexibility index (Phi) is 9.82. The highest BCUT2D eigenvalue weighted by atomic mass is 14.8. The molecule has 3 aromatic rings. The SMILES string of the molecule is C=C/C=C\C=C/Nc1ccc(-c2ccc(C(C)CC)cc2)cc1.c1ccccc1. The molecule has 148 valence electrons. The van der Waals surface area contributed by atoms with Crippen LogP contribution in [0.5, 0.6) is 0 Å². The molecule has 0 bridgehead atoms. The van der Waals surface area contributed by atoms with Gasteiger partial charge >= 0.3 is 0 Å². The number of nitrogens with one attached hydrogen (secondary N) is 1. The maximum Gasteiger partial charge on any atom is 0.0380 e. The van der Waals surface area contributed by atoms with Gasteiger partial charge in [-0.1, -0.05) is 111 Å². The quantitative estimate of drug-likeness (QED) is 0.406. The standard InChI is InChI=1S/C22H25N.C6H6/c1-4-6-7-8-17-23-22-15-13-21(14-16-22)20-11-9-19(10-12-20)18(3)5-2;1-2-4-6-5-3-1/h4,6-18,23H,1,5H2,2-3H3;1-6H/b7-6-,17-8-;. The van der Waals surface area contributed by atoms with Crippen LogP contribution in [0.4, 0.5) is 5.69 Å². The average Bonchev–Trinajstić information content (AvgIpc) is 2.80. The summed E-state index contributed by atoms with van der Waals surface area (Å²) in [4.78, 5) is 0. The van der Waals surface area contributed by atoms with E-state index in [9.17, 15) is 0 Å². The normalized spacial score (nSPS) is 11.7. The molecule has 0 aromatic heterocycles. The van der Waals surface area contributed by atoms with Crippen LogP contribution in [0.25, 0.3) is 11.1 Å². The Hall–Kier alpha value is -3.32. The molecule has 0 saturated carbocycles. The van der Waals surface area contributed by atoms with Crippen LogP contribution in [-0.4, -0.2) is 0 Å². The molecule has 0 amide bonds. The van der Waals surface area contributed by atoms with E-state index in [0.717, 1.165) is 5.69 Å². The Balaban J connectivity index is 0.000000426. The molecule has 1 nitrogen and oxygen atoms in total. The molecule has 0 aliphatic heterocycles. The van der Waals surface area contributed by atoms with E-state index in [1.165, 1.54) is 23.1 Å². The lowest BCUT2D eigenvalue weighted by molar-refractivity contribution is 0.734. The van der Waals surface area contributed by atoms with E-state index in [4.69, 9.17) is 0 Å². The lowest BCUT2D eigenvalue weighted by atomic mass is 9.96. The van der Waals surface area contributed by atoms with Crippen LogP contribution in [0, 0.1) is 0 Å². The summed E-state index contributed by atoms with van der Waals surface area (Å²) in [5, 5.41) is 3.25. The van der Waals surface area contributed by atoms with Gasteiger partial charge in [-0.3, -0.25) is 0 Å². The molecule has 0 radical (unpaired) electrons. The number of rotatable bonds is 7. The van der Waals surface area contributed by atoms with Gasteiger partial charge in [0.1, 0.15) is 0 Å². The summed E-state index contributed by atoms with van der Waals surface area (Å²) < 4.78 is 0. The first-order valence-corrected chi connectivity index (χ1v) is 10.2. The third kappa shape index (κ3) is 8.06. The van der Waals surface area contributed by atoms with Gasteiger partial charge in [-0.25, -0.2) is 0 Å². The molecule has 3 rings (SSSR count). The topological polar surface area (TPSA) is 12.0 Å². The summed E-state index contributed by atoms with van der Waals surface area (Å²) in [7, 11) is 0. The first-order valence-electron chi connectivity index (χ1n) is 10.2. The Morgan fingerprint density at radius 1 is 0.759 bits per heavy atom. The zero-order valence-electron chi connectivity index (χ0n) is 17.5. The molecule has 1 heteroatoms. The molecule has 0 saturated heterocycles. The second kappa shape index (κ2) is 13.0. The van der Waals surface area contributed by atoms with Crippen molar-refractivity contribution < 1.29 is 0 Å². The molecule has 0 heterocycles. The van der Waals surface area contributed by atoms with Crippen molar-refractivity contribution in [2.75, 3.05) is 5.32 Å². The van der Waals surface area contributed by atoms with Gasteiger partial charge in [-0.2, -0.15) is 0 Å². The number of hydrogen-bond donors (Lipinski definition) is 1. The van der Waals surface area contributed by atoms with E-state index >= 15 is 0 Å². The van der Waals surface area contributed by atoms with Crippen LogP contribution in [0.1, 0.15) is 31.7 Å². The first kappa shape index (κ1) is 22.0. The number of benzene rings is 3. The van der Waals surface area contributed by atoms with Crippen molar-refractivity contribution in [3.63, 3.8) is 0 Å². The van der Waals surface area contributed by atoms with Crippen molar-refractivity contribution in [1.82, 2.24) is 0 Å². The van der Waals surface area contributed by atoms with Gasteiger partial charge in [-0.05, 0) is 47.2 Å². The van der Waals surface area contributed by atoms with Crippen LogP contribution in [0.3, 0.4) is 0 Å². The predicted octanol–water partition coefficient (Wildman–Crippen LogP) is 8.22. The number of hydrogen-bond acceptors (Lipinski definition) is 1. The zero-order chi connectivity index (χ0) is 20.7. The van der Waals surface area contributed by atoms with Crippen LogP contribution in [-0.2, 0) is 0 Å². The minimum absolute atomic E-state index is 0.623. The summed E-state index contributed by atoms with van der Waals surface area (Å²) in [6.45, 7) is 8.13. The van der Waals surface area contributed by atoms with Gasteiger partial charge in [-0.15, -0.1) is 0 Å². The van der Waals surface area contributed by atoms with Crippen molar-refractivity contribution in [2.45, 2.75) is 26.2 Å². The second-order valence-electron chi connectivity index (χ2n) is 6.79. The molecular weight excluding hydrogens is 350 g/mol. The molecule has 0 aliphatic rings. The number of allylic oxidation sites excluding steroid dienone is 4. The molecule has 0 spiro atoms. The summed E-state index contributed by atoms with van der Waals surface area (Å²) in [5.41, 5.74) is 4.98. The van der Waals surface area contributed by atoms with Crippen LogP contribution >= 0.6 is 0 Å². The third-order valence-corrected chi connectivity index (χ3v) is 4.68. The highest BCUT2D eigenvalue weighted by molar-refractivity contribution is 5.66. The molecule has 1 unspecified atom stereocenters. The lowest BCUT2D eigenvalue weighted by Gasteiger charge is -2.10. The fraction of sp³-hybridized carbons (Fsp3) is 0.143. The molecule has 0 aliphatic carbocycles. The Morgan fingerprint density at radius 3 is 1.76 bits per heavy atom. The fourth-order valence-electron chi connectivity index (χ4n) is 2.73. The monoisotopic (exact) mass is 381 g/mol. The molecule has 1 N–H and O–H groups in total. The van der Waals surface area contributed by atoms with Crippen LogP contribution < -0.4 is 5.32 Å². The zero-order valence-corrected chi connectivity index (χ0v) is 17.5.